The van der Waals surface area contributed by atoms with E-state index in [1.807, 2.05) is 0 Å². The molecule has 0 fully saturated rings. The molecule has 0 saturated carbocycles. The van der Waals surface area contributed by atoms with Crippen LogP contribution in [0.25, 0.3) is 0 Å². The first-order valence-electron chi connectivity index (χ1n) is 8.34. The van der Waals surface area contributed by atoms with Crippen molar-refractivity contribution in [2.75, 3.05) is 10.6 Å². The molecule has 0 saturated heterocycles. The van der Waals surface area contributed by atoms with Gasteiger partial charge in [-0.05, 0) is 36.4 Å². The molecule has 1 aliphatic heterocycles. The number of nitrogens with one attached hydrogen (secondary N) is 2. The lowest BCUT2D eigenvalue weighted by Crippen LogP contribution is -2.35. The summed E-state index contributed by atoms with van der Waals surface area (Å²) in [6.07, 6.45) is -3.43. The molecule has 146 valence electrons. The number of carbonyl (C=O) groups excluding carboxylic acids is 1. The zero-order chi connectivity index (χ0) is 19.9. The summed E-state index contributed by atoms with van der Waals surface area (Å²) in [5.74, 6) is -0.147. The summed E-state index contributed by atoms with van der Waals surface area (Å²) in [4.78, 5) is 12.4. The lowest BCUT2D eigenvalue weighted by Gasteiger charge is -2.32. The van der Waals surface area contributed by atoms with Crippen molar-refractivity contribution >= 4 is 29.0 Å². The highest BCUT2D eigenvalue weighted by molar-refractivity contribution is 6.30. The number of hydrogen-bond acceptors (Lipinski definition) is 4. The fourth-order valence-electron chi connectivity index (χ4n) is 3.09. The zero-order valence-corrected chi connectivity index (χ0v) is 15.0. The minimum Gasteiger partial charge on any atom is -0.467 e. The number of nitrogens with zero attached hydrogens (tertiary/aromatic N) is 2. The van der Waals surface area contributed by atoms with Crippen molar-refractivity contribution < 1.29 is 22.4 Å². The van der Waals surface area contributed by atoms with Crippen molar-refractivity contribution in [2.45, 2.75) is 24.7 Å². The largest absolute Gasteiger partial charge is 0.467 e. The Morgan fingerprint density at radius 3 is 2.68 bits per heavy atom. The third-order valence-corrected chi connectivity index (χ3v) is 4.66. The van der Waals surface area contributed by atoms with Crippen LogP contribution < -0.4 is 10.6 Å². The van der Waals surface area contributed by atoms with E-state index in [0.717, 1.165) is 4.68 Å². The topological polar surface area (TPSA) is 72.1 Å². The highest BCUT2D eigenvalue weighted by Gasteiger charge is 2.47. The molecule has 0 radical (unpaired) electrons. The average molecular weight is 411 g/mol. The van der Waals surface area contributed by atoms with Crippen LogP contribution in [0.5, 0.6) is 0 Å². The predicted octanol–water partition coefficient (Wildman–Crippen LogP) is 5.04. The maximum absolute atomic E-state index is 13.6. The van der Waals surface area contributed by atoms with Crippen LogP contribution in [0.2, 0.25) is 5.02 Å². The van der Waals surface area contributed by atoms with Crippen LogP contribution in [0, 0.1) is 0 Å². The Bertz CT molecular complexity index is 983. The van der Waals surface area contributed by atoms with Gasteiger partial charge >= 0.3 is 6.18 Å². The first kappa shape index (κ1) is 18.4. The standard InChI is InChI=1S/C18H14ClF3N4O2/c19-10-3-5-11(6-4-10)23-17(27)13-9-16-24-12(14-2-1-7-28-14)8-15(18(20,21)22)26(16)25-13/h1-7,9,12,15,24H,8H2,(H,23,27)/t12-,15+/m0/s1. The van der Waals surface area contributed by atoms with E-state index < -0.39 is 24.2 Å². The minimum atomic E-state index is -4.53. The normalized spacial score (nSPS) is 19.0. The molecule has 2 atom stereocenters. The molecular weight excluding hydrogens is 397 g/mol. The van der Waals surface area contributed by atoms with Crippen molar-refractivity contribution in [1.29, 1.82) is 0 Å². The smallest absolute Gasteiger partial charge is 0.410 e. The summed E-state index contributed by atoms with van der Waals surface area (Å²) in [6, 6.07) is 8.28. The average Bonchev–Trinajstić information content (AvgIpc) is 3.31. The van der Waals surface area contributed by atoms with E-state index >= 15 is 0 Å². The number of rotatable bonds is 3. The Kier molecular flexibility index (Phi) is 4.54. The summed E-state index contributed by atoms with van der Waals surface area (Å²) in [6.45, 7) is 0. The van der Waals surface area contributed by atoms with E-state index in [2.05, 4.69) is 15.7 Å². The van der Waals surface area contributed by atoms with Gasteiger partial charge in [-0.15, -0.1) is 0 Å². The number of furan rings is 1. The molecule has 10 heteroatoms. The molecule has 28 heavy (non-hydrogen) atoms. The monoisotopic (exact) mass is 410 g/mol. The van der Waals surface area contributed by atoms with Crippen LogP contribution >= 0.6 is 11.6 Å². The van der Waals surface area contributed by atoms with Gasteiger partial charge in [0.15, 0.2) is 11.7 Å². The number of benzene rings is 1. The Balaban J connectivity index is 1.63. The summed E-state index contributed by atoms with van der Waals surface area (Å²) < 4.78 is 46.8. The quantitative estimate of drug-likeness (QED) is 0.634. The van der Waals surface area contributed by atoms with Crippen molar-refractivity contribution in [3.8, 4) is 0 Å². The highest BCUT2D eigenvalue weighted by atomic mass is 35.5. The summed E-state index contributed by atoms with van der Waals surface area (Å²) in [5.41, 5.74) is 0.320. The molecule has 3 heterocycles. The second-order valence-electron chi connectivity index (χ2n) is 6.33. The molecule has 0 bridgehead atoms. The molecule has 4 rings (SSSR count). The zero-order valence-electron chi connectivity index (χ0n) is 14.2. The fraction of sp³-hybridized carbons (Fsp3) is 0.222. The molecule has 3 aromatic rings. The van der Waals surface area contributed by atoms with Gasteiger partial charge in [-0.25, -0.2) is 4.68 Å². The minimum absolute atomic E-state index is 0.0937. The Morgan fingerprint density at radius 2 is 2.04 bits per heavy atom. The van der Waals surface area contributed by atoms with E-state index in [1.54, 1.807) is 36.4 Å². The fourth-order valence-corrected chi connectivity index (χ4v) is 3.21. The number of alkyl halides is 3. The second kappa shape index (κ2) is 6.90. The highest BCUT2D eigenvalue weighted by Crippen LogP contribution is 2.43. The van der Waals surface area contributed by atoms with Gasteiger partial charge in [0, 0.05) is 23.2 Å². The number of halogens is 4. The van der Waals surface area contributed by atoms with Crippen LogP contribution in [0.1, 0.15) is 34.8 Å². The first-order valence-corrected chi connectivity index (χ1v) is 8.72. The molecular formula is C18H14ClF3N4O2. The Labute approximate surface area is 162 Å². The molecule has 1 amide bonds. The summed E-state index contributed by atoms with van der Waals surface area (Å²) in [7, 11) is 0. The number of carbonyl (C=O) groups is 1. The van der Waals surface area contributed by atoms with E-state index in [9.17, 15) is 18.0 Å². The number of aromatic nitrogens is 2. The second-order valence-corrected chi connectivity index (χ2v) is 6.76. The molecule has 0 aliphatic carbocycles. The third kappa shape index (κ3) is 3.57. The van der Waals surface area contributed by atoms with Crippen molar-refractivity contribution in [3.63, 3.8) is 0 Å². The van der Waals surface area contributed by atoms with E-state index in [0.29, 0.717) is 16.5 Å². The maximum Gasteiger partial charge on any atom is 0.410 e. The van der Waals surface area contributed by atoms with Crippen LogP contribution in [-0.4, -0.2) is 21.9 Å². The number of amides is 1. The van der Waals surface area contributed by atoms with E-state index in [4.69, 9.17) is 16.0 Å². The van der Waals surface area contributed by atoms with Crippen LogP contribution in [0.4, 0.5) is 24.7 Å². The van der Waals surface area contributed by atoms with Gasteiger partial charge in [-0.3, -0.25) is 4.79 Å². The molecule has 2 aromatic heterocycles. The Morgan fingerprint density at radius 1 is 1.29 bits per heavy atom. The molecule has 6 nitrogen and oxygen atoms in total. The SMILES string of the molecule is O=C(Nc1ccc(Cl)cc1)c1cc2n(n1)[C@@H](C(F)(F)F)C[C@@H](c1ccco1)N2. The van der Waals surface area contributed by atoms with Crippen LogP contribution in [0.15, 0.2) is 53.1 Å². The van der Waals surface area contributed by atoms with Crippen molar-refractivity contribution in [1.82, 2.24) is 9.78 Å². The molecule has 1 aliphatic rings. The lowest BCUT2D eigenvalue weighted by atomic mass is 10.0. The summed E-state index contributed by atoms with van der Waals surface area (Å²) >= 11 is 5.80. The van der Waals surface area contributed by atoms with Gasteiger partial charge in [-0.1, -0.05) is 11.6 Å². The first-order chi connectivity index (χ1) is 13.3. The van der Waals surface area contributed by atoms with Gasteiger partial charge in [0.05, 0.1) is 12.3 Å². The summed E-state index contributed by atoms with van der Waals surface area (Å²) in [5, 5.41) is 9.93. The van der Waals surface area contributed by atoms with E-state index in [-0.39, 0.29) is 17.9 Å². The van der Waals surface area contributed by atoms with E-state index in [1.165, 1.54) is 12.3 Å². The van der Waals surface area contributed by atoms with Gasteiger partial charge in [0.25, 0.3) is 5.91 Å². The van der Waals surface area contributed by atoms with Crippen LogP contribution in [-0.2, 0) is 0 Å². The van der Waals surface area contributed by atoms with Gasteiger partial charge < -0.3 is 15.1 Å². The van der Waals surface area contributed by atoms with Gasteiger partial charge in [0.1, 0.15) is 11.6 Å². The lowest BCUT2D eigenvalue weighted by molar-refractivity contribution is -0.174. The van der Waals surface area contributed by atoms with Crippen LogP contribution in [0.3, 0.4) is 0 Å². The number of fused-ring (bicyclic) bond motifs is 1. The molecule has 2 N–H and O–H groups in total. The molecule has 0 unspecified atom stereocenters. The third-order valence-electron chi connectivity index (χ3n) is 4.41. The van der Waals surface area contributed by atoms with Gasteiger partial charge in [-0.2, -0.15) is 18.3 Å². The predicted molar refractivity (Wildman–Crippen MR) is 96.4 cm³/mol. The maximum atomic E-state index is 13.6. The molecule has 0 spiro atoms. The number of hydrogen-bond donors (Lipinski definition) is 2. The van der Waals surface area contributed by atoms with Crippen molar-refractivity contribution in [2.24, 2.45) is 0 Å². The number of anilines is 2. The Hall–Kier alpha value is -2.94. The van der Waals surface area contributed by atoms with Crippen molar-refractivity contribution in [3.05, 3.63) is 65.2 Å². The molecule has 1 aromatic carbocycles. The van der Waals surface area contributed by atoms with Gasteiger partial charge in [0.2, 0.25) is 0 Å².